The van der Waals surface area contributed by atoms with Crippen molar-refractivity contribution in [3.63, 3.8) is 0 Å². The molecule has 0 unspecified atom stereocenters. The van der Waals surface area contributed by atoms with Gasteiger partial charge in [0.15, 0.2) is 0 Å². The lowest BCUT2D eigenvalue weighted by molar-refractivity contribution is 0.0600. The number of nitrogens with zero attached hydrogens (tertiary/aromatic N) is 1. The molecule has 0 bridgehead atoms. The van der Waals surface area contributed by atoms with Gasteiger partial charge in [0, 0.05) is 13.1 Å². The number of hydrogen-bond acceptors (Lipinski definition) is 5. The number of benzene rings is 1. The number of carbonyl (C=O) groups excluding carboxylic acids is 1. The summed E-state index contributed by atoms with van der Waals surface area (Å²) in [5.74, 6) is -0.632. The Morgan fingerprint density at radius 3 is 2.45 bits per heavy atom. The van der Waals surface area contributed by atoms with Crippen LogP contribution in [0.1, 0.15) is 23.2 Å². The summed E-state index contributed by atoms with van der Waals surface area (Å²) in [7, 11) is -2.79. The van der Waals surface area contributed by atoms with Crippen molar-refractivity contribution < 1.29 is 17.9 Å². The Balaban J connectivity index is 2.63. The SMILES string of the molecule is COC(=O)c1cc(N2CCCC2)c(Cl)c(S(N)(=O)=O)c1. The van der Waals surface area contributed by atoms with E-state index >= 15 is 0 Å². The van der Waals surface area contributed by atoms with Crippen molar-refractivity contribution in [1.82, 2.24) is 0 Å². The second-order valence-electron chi connectivity index (χ2n) is 4.54. The summed E-state index contributed by atoms with van der Waals surface area (Å²) in [6.45, 7) is 1.52. The molecule has 1 aliphatic rings. The van der Waals surface area contributed by atoms with Crippen LogP contribution in [0.2, 0.25) is 5.02 Å². The zero-order valence-corrected chi connectivity index (χ0v) is 12.5. The molecule has 0 atom stereocenters. The fraction of sp³-hybridized carbons (Fsp3) is 0.417. The summed E-state index contributed by atoms with van der Waals surface area (Å²) in [6, 6.07) is 2.68. The van der Waals surface area contributed by atoms with Crippen LogP contribution >= 0.6 is 11.6 Å². The van der Waals surface area contributed by atoms with Gasteiger partial charge in [-0.25, -0.2) is 18.4 Å². The van der Waals surface area contributed by atoms with Crippen molar-refractivity contribution in [2.45, 2.75) is 17.7 Å². The zero-order valence-electron chi connectivity index (χ0n) is 10.9. The van der Waals surface area contributed by atoms with E-state index in [-0.39, 0.29) is 15.5 Å². The molecule has 0 aliphatic carbocycles. The zero-order chi connectivity index (χ0) is 14.9. The second-order valence-corrected chi connectivity index (χ2v) is 6.45. The number of hydrogen-bond donors (Lipinski definition) is 1. The highest BCUT2D eigenvalue weighted by molar-refractivity contribution is 7.89. The van der Waals surface area contributed by atoms with E-state index in [9.17, 15) is 13.2 Å². The van der Waals surface area contributed by atoms with Crippen LogP contribution in [0.3, 0.4) is 0 Å². The van der Waals surface area contributed by atoms with Crippen LogP contribution in [0.15, 0.2) is 17.0 Å². The second kappa shape index (κ2) is 5.59. The van der Waals surface area contributed by atoms with Gasteiger partial charge in [0.05, 0.1) is 23.4 Å². The maximum atomic E-state index is 11.7. The van der Waals surface area contributed by atoms with Gasteiger partial charge in [-0.3, -0.25) is 0 Å². The van der Waals surface area contributed by atoms with Gasteiger partial charge in [-0.2, -0.15) is 0 Å². The number of carbonyl (C=O) groups is 1. The van der Waals surface area contributed by atoms with Gasteiger partial charge in [0.25, 0.3) is 0 Å². The van der Waals surface area contributed by atoms with E-state index in [1.807, 2.05) is 4.90 Å². The summed E-state index contributed by atoms with van der Waals surface area (Å²) in [4.78, 5) is 13.3. The smallest absolute Gasteiger partial charge is 0.337 e. The average molecular weight is 319 g/mol. The number of ether oxygens (including phenoxy) is 1. The van der Waals surface area contributed by atoms with Gasteiger partial charge in [-0.1, -0.05) is 11.6 Å². The normalized spacial score (nSPS) is 15.4. The molecule has 1 saturated heterocycles. The molecule has 1 aromatic rings. The Labute approximate surface area is 122 Å². The lowest BCUT2D eigenvalue weighted by Crippen LogP contribution is -2.21. The first-order chi connectivity index (χ1) is 9.34. The van der Waals surface area contributed by atoms with E-state index in [2.05, 4.69) is 4.74 Å². The highest BCUT2D eigenvalue weighted by Crippen LogP contribution is 2.35. The van der Waals surface area contributed by atoms with Crippen molar-refractivity contribution in [3.8, 4) is 0 Å². The Morgan fingerprint density at radius 1 is 1.35 bits per heavy atom. The van der Waals surface area contributed by atoms with Gasteiger partial charge in [0.2, 0.25) is 10.0 Å². The van der Waals surface area contributed by atoms with Crippen LogP contribution in [0, 0.1) is 0 Å². The first-order valence-electron chi connectivity index (χ1n) is 6.04. The molecule has 0 amide bonds. The van der Waals surface area contributed by atoms with Crippen molar-refractivity contribution in [1.29, 1.82) is 0 Å². The summed E-state index contributed by atoms with van der Waals surface area (Å²) in [6.07, 6.45) is 1.98. The van der Waals surface area contributed by atoms with E-state index in [0.29, 0.717) is 5.69 Å². The minimum Gasteiger partial charge on any atom is -0.465 e. The fourth-order valence-electron chi connectivity index (χ4n) is 2.21. The molecule has 6 nitrogen and oxygen atoms in total. The molecule has 0 saturated carbocycles. The molecule has 8 heteroatoms. The van der Waals surface area contributed by atoms with Gasteiger partial charge in [0.1, 0.15) is 4.90 Å². The Bertz CT molecular complexity index is 639. The molecular formula is C12H15ClN2O4S. The van der Waals surface area contributed by atoms with Crippen LogP contribution < -0.4 is 10.0 Å². The molecule has 20 heavy (non-hydrogen) atoms. The van der Waals surface area contributed by atoms with Crippen molar-refractivity contribution in [3.05, 3.63) is 22.7 Å². The van der Waals surface area contributed by atoms with Crippen LogP contribution in [0.5, 0.6) is 0 Å². The predicted molar refractivity (Wildman–Crippen MR) is 75.6 cm³/mol. The largest absolute Gasteiger partial charge is 0.465 e. The number of sulfonamides is 1. The molecule has 0 aromatic heterocycles. The number of anilines is 1. The quantitative estimate of drug-likeness (QED) is 0.850. The maximum Gasteiger partial charge on any atom is 0.337 e. The molecule has 2 N–H and O–H groups in total. The maximum absolute atomic E-state index is 11.7. The van der Waals surface area contributed by atoms with E-state index < -0.39 is 16.0 Å². The molecule has 110 valence electrons. The Kier molecular flexibility index (Phi) is 4.22. The summed E-state index contributed by atoms with van der Waals surface area (Å²) in [5.41, 5.74) is 0.610. The van der Waals surface area contributed by atoms with E-state index in [4.69, 9.17) is 16.7 Å². The molecule has 0 spiro atoms. The third kappa shape index (κ3) is 2.89. The standard InChI is InChI=1S/C12H15ClN2O4S/c1-19-12(16)8-6-9(15-4-2-3-5-15)11(13)10(7-8)20(14,17)18/h6-7H,2-5H2,1H3,(H2,14,17,18). The molecule has 1 aliphatic heterocycles. The van der Waals surface area contributed by atoms with Gasteiger partial charge in [-0.05, 0) is 25.0 Å². The van der Waals surface area contributed by atoms with Crippen LogP contribution in [0.25, 0.3) is 0 Å². The van der Waals surface area contributed by atoms with Gasteiger partial charge >= 0.3 is 5.97 Å². The van der Waals surface area contributed by atoms with E-state index in [1.165, 1.54) is 13.2 Å². The number of methoxy groups -OCH3 is 1. The molecule has 1 aromatic carbocycles. The van der Waals surface area contributed by atoms with E-state index in [1.54, 1.807) is 0 Å². The first kappa shape index (κ1) is 15.1. The Hall–Kier alpha value is -1.31. The van der Waals surface area contributed by atoms with Crippen LogP contribution in [-0.2, 0) is 14.8 Å². The lowest BCUT2D eigenvalue weighted by atomic mass is 10.2. The predicted octanol–water partition coefficient (Wildman–Crippen LogP) is 1.37. The topological polar surface area (TPSA) is 89.7 Å². The number of primary sulfonamides is 1. The summed E-state index contributed by atoms with van der Waals surface area (Å²) < 4.78 is 27.8. The monoisotopic (exact) mass is 318 g/mol. The minimum atomic E-state index is -4.02. The summed E-state index contributed by atoms with van der Waals surface area (Å²) in [5, 5.41) is 5.20. The number of esters is 1. The molecular weight excluding hydrogens is 304 g/mol. The fourth-order valence-corrected chi connectivity index (χ4v) is 3.41. The van der Waals surface area contributed by atoms with E-state index in [0.717, 1.165) is 32.0 Å². The lowest BCUT2D eigenvalue weighted by Gasteiger charge is -2.21. The molecule has 2 rings (SSSR count). The third-order valence-electron chi connectivity index (χ3n) is 3.19. The number of nitrogens with two attached hydrogens (primary N) is 1. The highest BCUT2D eigenvalue weighted by atomic mass is 35.5. The van der Waals surface area contributed by atoms with Gasteiger partial charge < -0.3 is 9.64 Å². The number of rotatable bonds is 3. The van der Waals surface area contributed by atoms with Crippen LogP contribution in [-0.4, -0.2) is 34.6 Å². The average Bonchev–Trinajstić information content (AvgIpc) is 2.90. The third-order valence-corrected chi connectivity index (χ3v) is 4.64. The van der Waals surface area contributed by atoms with Crippen molar-refractivity contribution in [2.75, 3.05) is 25.1 Å². The molecule has 1 heterocycles. The van der Waals surface area contributed by atoms with Crippen LogP contribution in [0.4, 0.5) is 5.69 Å². The van der Waals surface area contributed by atoms with Gasteiger partial charge in [-0.15, -0.1) is 0 Å². The molecule has 0 radical (unpaired) electrons. The van der Waals surface area contributed by atoms with Crippen molar-refractivity contribution in [2.24, 2.45) is 5.14 Å². The summed E-state index contributed by atoms with van der Waals surface area (Å²) >= 11 is 6.14. The first-order valence-corrected chi connectivity index (χ1v) is 7.96. The minimum absolute atomic E-state index is 0.0436. The Morgan fingerprint density at radius 2 is 1.95 bits per heavy atom. The highest BCUT2D eigenvalue weighted by Gasteiger charge is 2.24. The number of halogens is 1. The molecule has 1 fully saturated rings. The van der Waals surface area contributed by atoms with Crippen molar-refractivity contribution >= 4 is 33.3 Å².